The van der Waals surface area contributed by atoms with E-state index in [0.717, 1.165) is 12.1 Å². The molecule has 0 nitrogen and oxygen atoms in total. The first-order valence-corrected chi connectivity index (χ1v) is 4.80. The van der Waals surface area contributed by atoms with E-state index in [1.807, 2.05) is 0 Å². The monoisotopic (exact) mass is 290 g/mol. The Labute approximate surface area is 91.0 Å². The van der Waals surface area contributed by atoms with E-state index in [2.05, 4.69) is 15.9 Å². The van der Waals surface area contributed by atoms with E-state index in [0.29, 0.717) is 0 Å². The van der Waals surface area contributed by atoms with Gasteiger partial charge in [0.2, 0.25) is 0 Å². The molecule has 0 heterocycles. The van der Waals surface area contributed by atoms with Gasteiger partial charge in [-0.1, -0.05) is 15.9 Å². The summed E-state index contributed by atoms with van der Waals surface area (Å²) in [6.07, 6.45) is -4.53. The first-order chi connectivity index (χ1) is 6.36. The lowest BCUT2D eigenvalue weighted by molar-refractivity contribution is -0.138. The smallest absolute Gasteiger partial charge is 0.207 e. The molecular formula is C8H4BrClF4. The Morgan fingerprint density at radius 1 is 1.29 bits per heavy atom. The molecule has 0 aliphatic rings. The molecule has 0 saturated heterocycles. The highest BCUT2D eigenvalue weighted by atomic mass is 79.9. The van der Waals surface area contributed by atoms with Crippen molar-refractivity contribution >= 4 is 27.5 Å². The Morgan fingerprint density at radius 3 is 2.29 bits per heavy atom. The Bertz CT molecular complexity index is 348. The van der Waals surface area contributed by atoms with Crippen LogP contribution in [0.1, 0.15) is 11.1 Å². The van der Waals surface area contributed by atoms with E-state index in [4.69, 9.17) is 11.6 Å². The summed E-state index contributed by atoms with van der Waals surface area (Å²) in [6.45, 7) is 0. The zero-order chi connectivity index (χ0) is 10.9. The molecule has 0 aromatic heterocycles. The SMILES string of the molecule is Fc1cc(Br)c(C(F)(F)F)c(CCl)c1. The number of halogens is 6. The van der Waals surface area contributed by atoms with E-state index in [1.54, 1.807) is 0 Å². The summed E-state index contributed by atoms with van der Waals surface area (Å²) in [5, 5.41) is 0. The first-order valence-electron chi connectivity index (χ1n) is 3.47. The van der Waals surface area contributed by atoms with E-state index < -0.39 is 17.6 Å². The lowest BCUT2D eigenvalue weighted by Gasteiger charge is -2.13. The molecule has 6 heteroatoms. The van der Waals surface area contributed by atoms with Crippen molar-refractivity contribution in [1.82, 2.24) is 0 Å². The van der Waals surface area contributed by atoms with Crippen LogP contribution in [0.15, 0.2) is 16.6 Å². The molecule has 0 aliphatic carbocycles. The van der Waals surface area contributed by atoms with Crippen LogP contribution in [-0.4, -0.2) is 0 Å². The van der Waals surface area contributed by atoms with Crippen LogP contribution in [-0.2, 0) is 12.1 Å². The molecular weight excluding hydrogens is 287 g/mol. The average molecular weight is 291 g/mol. The standard InChI is InChI=1S/C8H4BrClF4/c9-6-2-5(11)1-4(3-10)7(6)8(12,13)14/h1-2H,3H2. The van der Waals surface area contributed by atoms with E-state index in [-0.39, 0.29) is 15.9 Å². The summed E-state index contributed by atoms with van der Waals surface area (Å²) in [7, 11) is 0. The van der Waals surface area contributed by atoms with Gasteiger partial charge in [-0.15, -0.1) is 11.6 Å². The molecule has 0 N–H and O–H groups in total. The van der Waals surface area contributed by atoms with Gasteiger partial charge in [-0.05, 0) is 17.7 Å². The van der Waals surface area contributed by atoms with E-state index in [9.17, 15) is 17.6 Å². The zero-order valence-corrected chi connectivity index (χ0v) is 8.97. The topological polar surface area (TPSA) is 0 Å². The van der Waals surface area contributed by atoms with Crippen molar-refractivity contribution in [1.29, 1.82) is 0 Å². The Balaban J connectivity index is 3.40. The third-order valence-electron chi connectivity index (χ3n) is 1.56. The Kier molecular flexibility index (Phi) is 3.42. The minimum Gasteiger partial charge on any atom is -0.207 e. The summed E-state index contributed by atoms with van der Waals surface area (Å²) < 4.78 is 49.6. The lowest BCUT2D eigenvalue weighted by atomic mass is 10.1. The second kappa shape index (κ2) is 4.06. The third kappa shape index (κ3) is 2.39. The van der Waals surface area contributed by atoms with Gasteiger partial charge >= 0.3 is 6.18 Å². The van der Waals surface area contributed by atoms with Crippen molar-refractivity contribution in [2.24, 2.45) is 0 Å². The van der Waals surface area contributed by atoms with Crippen molar-refractivity contribution in [2.75, 3.05) is 0 Å². The van der Waals surface area contributed by atoms with Gasteiger partial charge in [0, 0.05) is 10.4 Å². The molecule has 14 heavy (non-hydrogen) atoms. The van der Waals surface area contributed by atoms with Gasteiger partial charge in [0.25, 0.3) is 0 Å². The molecule has 0 saturated carbocycles. The number of rotatable bonds is 1. The third-order valence-corrected chi connectivity index (χ3v) is 2.48. The highest BCUT2D eigenvalue weighted by Gasteiger charge is 2.35. The molecule has 0 spiro atoms. The predicted molar refractivity (Wildman–Crippen MR) is 48.7 cm³/mol. The van der Waals surface area contributed by atoms with Crippen molar-refractivity contribution < 1.29 is 17.6 Å². The molecule has 0 unspecified atom stereocenters. The highest BCUT2D eigenvalue weighted by molar-refractivity contribution is 9.10. The Hall–Kier alpha value is -0.290. The van der Waals surface area contributed by atoms with E-state index >= 15 is 0 Å². The summed E-state index contributed by atoms with van der Waals surface area (Å²) in [6, 6.07) is 1.54. The van der Waals surface area contributed by atoms with Gasteiger partial charge in [-0.3, -0.25) is 0 Å². The number of alkyl halides is 4. The van der Waals surface area contributed by atoms with Gasteiger partial charge in [-0.25, -0.2) is 4.39 Å². The fourth-order valence-electron chi connectivity index (χ4n) is 1.05. The molecule has 1 aromatic rings. The average Bonchev–Trinajstić information content (AvgIpc) is 1.99. The van der Waals surface area contributed by atoms with Gasteiger partial charge < -0.3 is 0 Å². The van der Waals surface area contributed by atoms with Crippen molar-refractivity contribution in [3.63, 3.8) is 0 Å². The van der Waals surface area contributed by atoms with Gasteiger partial charge in [0.15, 0.2) is 0 Å². The molecule has 0 radical (unpaired) electrons. The van der Waals surface area contributed by atoms with Crippen LogP contribution in [0.25, 0.3) is 0 Å². The molecule has 0 amide bonds. The van der Waals surface area contributed by atoms with Gasteiger partial charge in [-0.2, -0.15) is 13.2 Å². The van der Waals surface area contributed by atoms with Crippen LogP contribution < -0.4 is 0 Å². The van der Waals surface area contributed by atoms with Crippen LogP contribution in [0, 0.1) is 5.82 Å². The minimum atomic E-state index is -4.53. The van der Waals surface area contributed by atoms with E-state index in [1.165, 1.54) is 0 Å². The second-order valence-electron chi connectivity index (χ2n) is 2.55. The highest BCUT2D eigenvalue weighted by Crippen LogP contribution is 2.38. The predicted octanol–water partition coefficient (Wildman–Crippen LogP) is 4.35. The fourth-order valence-corrected chi connectivity index (χ4v) is 1.96. The van der Waals surface area contributed by atoms with Crippen LogP contribution in [0.5, 0.6) is 0 Å². The molecule has 0 bridgehead atoms. The molecule has 78 valence electrons. The second-order valence-corrected chi connectivity index (χ2v) is 3.67. The molecule has 1 aromatic carbocycles. The molecule has 0 atom stereocenters. The van der Waals surface area contributed by atoms with Gasteiger partial charge in [0.05, 0.1) is 5.56 Å². The van der Waals surface area contributed by atoms with Crippen LogP contribution in [0.2, 0.25) is 0 Å². The first kappa shape index (κ1) is 11.8. The molecule has 1 rings (SSSR count). The summed E-state index contributed by atoms with van der Waals surface area (Å²) >= 11 is 7.95. The summed E-state index contributed by atoms with van der Waals surface area (Å²) in [4.78, 5) is 0. The van der Waals surface area contributed by atoms with Crippen LogP contribution in [0.3, 0.4) is 0 Å². The normalized spacial score (nSPS) is 11.9. The minimum absolute atomic E-state index is 0.272. The fraction of sp³-hybridized carbons (Fsp3) is 0.250. The largest absolute Gasteiger partial charge is 0.417 e. The van der Waals surface area contributed by atoms with Crippen LogP contribution >= 0.6 is 27.5 Å². The maximum atomic E-state index is 12.7. The van der Waals surface area contributed by atoms with Crippen molar-refractivity contribution in [3.8, 4) is 0 Å². The lowest BCUT2D eigenvalue weighted by Crippen LogP contribution is -2.10. The Morgan fingerprint density at radius 2 is 1.86 bits per heavy atom. The summed E-state index contributed by atoms with van der Waals surface area (Å²) in [5.41, 5.74) is -1.19. The number of benzene rings is 1. The maximum Gasteiger partial charge on any atom is 0.417 e. The van der Waals surface area contributed by atoms with Gasteiger partial charge in [0.1, 0.15) is 5.82 Å². The van der Waals surface area contributed by atoms with Crippen molar-refractivity contribution in [2.45, 2.75) is 12.1 Å². The summed E-state index contributed by atoms with van der Waals surface area (Å²) in [5.74, 6) is -1.13. The number of hydrogen-bond acceptors (Lipinski definition) is 0. The zero-order valence-electron chi connectivity index (χ0n) is 6.63. The van der Waals surface area contributed by atoms with Crippen molar-refractivity contribution in [3.05, 3.63) is 33.5 Å². The molecule has 0 aliphatic heterocycles. The quantitative estimate of drug-likeness (QED) is 0.533. The molecule has 0 fully saturated rings. The number of hydrogen-bond donors (Lipinski definition) is 0. The maximum absolute atomic E-state index is 12.7. The van der Waals surface area contributed by atoms with Crippen LogP contribution in [0.4, 0.5) is 17.6 Å².